The second-order valence-corrected chi connectivity index (χ2v) is 4.25. The first-order chi connectivity index (χ1) is 8.61. The van der Waals surface area contributed by atoms with E-state index in [0.717, 1.165) is 11.0 Å². The predicted octanol–water partition coefficient (Wildman–Crippen LogP) is 0.752. The van der Waals surface area contributed by atoms with Gasteiger partial charge in [-0.25, -0.2) is 4.79 Å². The molecule has 0 aliphatic rings. The van der Waals surface area contributed by atoms with Crippen LogP contribution in [0.1, 0.15) is 32.0 Å². The Hall–Kier alpha value is -2.11. The molecule has 2 heterocycles. The minimum absolute atomic E-state index is 0.193. The van der Waals surface area contributed by atoms with Crippen LogP contribution in [-0.4, -0.2) is 19.3 Å². The van der Waals surface area contributed by atoms with E-state index < -0.39 is 5.69 Å². The van der Waals surface area contributed by atoms with Crippen LogP contribution in [0.25, 0.3) is 0 Å². The standard InChI is InChI=1S/C12H16N4O2/c1-3-9(2)16-7-5-10(14-16)8-15-11(17)4-6-13-12(15)18/h4-7,9H,3,8H2,1-2H3,(H,13,18). The molecule has 6 heteroatoms. The molecular weight excluding hydrogens is 232 g/mol. The lowest BCUT2D eigenvalue weighted by molar-refractivity contribution is 0.471. The van der Waals surface area contributed by atoms with Crippen molar-refractivity contribution >= 4 is 0 Å². The van der Waals surface area contributed by atoms with E-state index in [1.54, 1.807) is 0 Å². The highest BCUT2D eigenvalue weighted by molar-refractivity contribution is 5.01. The molecule has 2 rings (SSSR count). The molecule has 0 spiro atoms. The minimum Gasteiger partial charge on any atom is -0.314 e. The fourth-order valence-electron chi connectivity index (χ4n) is 1.66. The maximum Gasteiger partial charge on any atom is 0.328 e. The third kappa shape index (κ3) is 2.42. The summed E-state index contributed by atoms with van der Waals surface area (Å²) in [6.45, 7) is 4.34. The summed E-state index contributed by atoms with van der Waals surface area (Å²) >= 11 is 0. The van der Waals surface area contributed by atoms with Gasteiger partial charge in [-0.05, 0) is 19.4 Å². The van der Waals surface area contributed by atoms with Crippen LogP contribution in [0.5, 0.6) is 0 Å². The number of H-pyrrole nitrogens is 1. The van der Waals surface area contributed by atoms with E-state index in [1.165, 1.54) is 12.3 Å². The zero-order chi connectivity index (χ0) is 13.1. The maximum absolute atomic E-state index is 11.5. The van der Waals surface area contributed by atoms with Crippen LogP contribution in [0.3, 0.4) is 0 Å². The lowest BCUT2D eigenvalue weighted by atomic mass is 10.3. The molecule has 0 aliphatic heterocycles. The number of hydrogen-bond donors (Lipinski definition) is 1. The van der Waals surface area contributed by atoms with Crippen molar-refractivity contribution in [3.63, 3.8) is 0 Å². The summed E-state index contributed by atoms with van der Waals surface area (Å²) in [5.74, 6) is 0. The quantitative estimate of drug-likeness (QED) is 0.867. The lowest BCUT2D eigenvalue weighted by Gasteiger charge is -2.08. The van der Waals surface area contributed by atoms with Gasteiger partial charge in [-0.15, -0.1) is 0 Å². The van der Waals surface area contributed by atoms with Crippen molar-refractivity contribution in [2.24, 2.45) is 0 Å². The monoisotopic (exact) mass is 248 g/mol. The first-order valence-electron chi connectivity index (χ1n) is 5.94. The molecule has 1 unspecified atom stereocenters. The highest BCUT2D eigenvalue weighted by Crippen LogP contribution is 2.09. The van der Waals surface area contributed by atoms with Gasteiger partial charge >= 0.3 is 5.69 Å². The molecule has 1 atom stereocenters. The minimum atomic E-state index is -0.416. The Morgan fingerprint density at radius 3 is 2.83 bits per heavy atom. The van der Waals surface area contributed by atoms with Crippen molar-refractivity contribution in [1.29, 1.82) is 0 Å². The highest BCUT2D eigenvalue weighted by Gasteiger charge is 2.07. The van der Waals surface area contributed by atoms with E-state index in [0.29, 0.717) is 11.7 Å². The van der Waals surface area contributed by atoms with E-state index in [2.05, 4.69) is 23.9 Å². The number of rotatable bonds is 4. The third-order valence-corrected chi connectivity index (χ3v) is 2.97. The normalized spacial score (nSPS) is 12.6. The summed E-state index contributed by atoms with van der Waals surface area (Å²) in [5.41, 5.74) is -0.0356. The number of nitrogens with one attached hydrogen (secondary N) is 1. The Morgan fingerprint density at radius 2 is 2.17 bits per heavy atom. The van der Waals surface area contributed by atoms with Crippen LogP contribution in [0, 0.1) is 0 Å². The number of hydrogen-bond acceptors (Lipinski definition) is 3. The Balaban J connectivity index is 2.27. The van der Waals surface area contributed by atoms with Gasteiger partial charge in [0.1, 0.15) is 0 Å². The lowest BCUT2D eigenvalue weighted by Crippen LogP contribution is -2.34. The van der Waals surface area contributed by atoms with Gasteiger partial charge in [-0.1, -0.05) is 6.92 Å². The summed E-state index contributed by atoms with van der Waals surface area (Å²) in [6, 6.07) is 3.46. The first kappa shape index (κ1) is 12.3. The van der Waals surface area contributed by atoms with Crippen molar-refractivity contribution < 1.29 is 0 Å². The van der Waals surface area contributed by atoms with E-state index in [9.17, 15) is 9.59 Å². The topological polar surface area (TPSA) is 72.7 Å². The molecule has 0 amide bonds. The second-order valence-electron chi connectivity index (χ2n) is 4.25. The molecule has 0 saturated heterocycles. The largest absolute Gasteiger partial charge is 0.328 e. The van der Waals surface area contributed by atoms with Crippen LogP contribution >= 0.6 is 0 Å². The molecule has 1 N–H and O–H groups in total. The van der Waals surface area contributed by atoms with E-state index in [-0.39, 0.29) is 12.1 Å². The van der Waals surface area contributed by atoms with Crippen molar-refractivity contribution in [1.82, 2.24) is 19.3 Å². The van der Waals surface area contributed by atoms with Gasteiger partial charge in [0.15, 0.2) is 0 Å². The Bertz CT molecular complexity index is 610. The third-order valence-electron chi connectivity index (χ3n) is 2.97. The van der Waals surface area contributed by atoms with E-state index >= 15 is 0 Å². The summed E-state index contributed by atoms with van der Waals surface area (Å²) in [5, 5.41) is 4.36. The SMILES string of the molecule is CCC(C)n1ccc(Cn2c(=O)cc[nH]c2=O)n1. The highest BCUT2D eigenvalue weighted by atomic mass is 16.2. The van der Waals surface area contributed by atoms with Gasteiger partial charge in [0.05, 0.1) is 12.2 Å². The zero-order valence-electron chi connectivity index (χ0n) is 10.5. The number of aromatic amines is 1. The molecule has 0 fully saturated rings. The molecule has 96 valence electrons. The maximum atomic E-state index is 11.5. The Morgan fingerprint density at radius 1 is 1.39 bits per heavy atom. The van der Waals surface area contributed by atoms with E-state index in [4.69, 9.17) is 0 Å². The van der Waals surface area contributed by atoms with Gasteiger partial charge in [-0.3, -0.25) is 14.0 Å². The van der Waals surface area contributed by atoms with Gasteiger partial charge in [0, 0.05) is 24.5 Å². The Kier molecular flexibility index (Phi) is 3.45. The van der Waals surface area contributed by atoms with Crippen molar-refractivity contribution in [2.45, 2.75) is 32.9 Å². The Labute approximate surface area is 104 Å². The molecule has 6 nitrogen and oxygen atoms in total. The van der Waals surface area contributed by atoms with Gasteiger partial charge in [0.25, 0.3) is 5.56 Å². The van der Waals surface area contributed by atoms with Crippen LogP contribution in [0.15, 0.2) is 34.1 Å². The zero-order valence-corrected chi connectivity index (χ0v) is 10.5. The van der Waals surface area contributed by atoms with E-state index in [1.807, 2.05) is 16.9 Å². The fourth-order valence-corrected chi connectivity index (χ4v) is 1.66. The number of nitrogens with zero attached hydrogens (tertiary/aromatic N) is 3. The van der Waals surface area contributed by atoms with Crippen LogP contribution < -0.4 is 11.2 Å². The number of aromatic nitrogens is 4. The smallest absolute Gasteiger partial charge is 0.314 e. The molecule has 0 radical (unpaired) electrons. The van der Waals surface area contributed by atoms with Gasteiger partial charge in [-0.2, -0.15) is 5.10 Å². The van der Waals surface area contributed by atoms with Gasteiger partial charge < -0.3 is 4.98 Å². The molecule has 0 aliphatic carbocycles. The van der Waals surface area contributed by atoms with Crippen LogP contribution in [0.2, 0.25) is 0 Å². The van der Waals surface area contributed by atoms with Crippen molar-refractivity contribution in [3.05, 3.63) is 51.1 Å². The molecule has 2 aromatic heterocycles. The van der Waals surface area contributed by atoms with Crippen molar-refractivity contribution in [2.75, 3.05) is 0 Å². The average molecular weight is 248 g/mol. The average Bonchev–Trinajstić information content (AvgIpc) is 2.81. The molecule has 0 bridgehead atoms. The molecular formula is C12H16N4O2. The summed E-state index contributed by atoms with van der Waals surface area (Å²) in [4.78, 5) is 25.5. The predicted molar refractivity (Wildman–Crippen MR) is 67.7 cm³/mol. The second kappa shape index (κ2) is 5.03. The summed E-state index contributed by atoms with van der Waals surface area (Å²) < 4.78 is 2.97. The first-order valence-corrected chi connectivity index (χ1v) is 5.94. The summed E-state index contributed by atoms with van der Waals surface area (Å²) in [7, 11) is 0. The molecule has 0 aromatic carbocycles. The van der Waals surface area contributed by atoms with Crippen LogP contribution in [-0.2, 0) is 6.54 Å². The molecule has 18 heavy (non-hydrogen) atoms. The summed E-state index contributed by atoms with van der Waals surface area (Å²) in [6.07, 6.45) is 4.19. The molecule has 2 aromatic rings. The fraction of sp³-hybridized carbons (Fsp3) is 0.417. The van der Waals surface area contributed by atoms with Gasteiger partial charge in [0.2, 0.25) is 0 Å². The molecule has 0 saturated carbocycles. The van der Waals surface area contributed by atoms with Crippen LogP contribution in [0.4, 0.5) is 0 Å². The van der Waals surface area contributed by atoms with Crippen molar-refractivity contribution in [3.8, 4) is 0 Å².